The van der Waals surface area contributed by atoms with E-state index in [4.69, 9.17) is 5.73 Å². The zero-order valence-electron chi connectivity index (χ0n) is 9.49. The lowest BCUT2D eigenvalue weighted by atomic mass is 10.1. The van der Waals surface area contributed by atoms with Crippen LogP contribution in [0.15, 0.2) is 12.3 Å². The van der Waals surface area contributed by atoms with Crippen LogP contribution in [0.25, 0.3) is 0 Å². The van der Waals surface area contributed by atoms with Crippen LogP contribution in [-0.4, -0.2) is 22.7 Å². The van der Waals surface area contributed by atoms with Crippen molar-refractivity contribution in [2.24, 2.45) is 5.92 Å². The molecular formula is C11H19N3O. The first-order chi connectivity index (χ1) is 7.00. The molecule has 1 unspecified atom stereocenters. The van der Waals surface area contributed by atoms with E-state index in [1.807, 2.05) is 26.8 Å². The van der Waals surface area contributed by atoms with Gasteiger partial charge in [-0.1, -0.05) is 13.8 Å². The van der Waals surface area contributed by atoms with Crippen LogP contribution in [-0.2, 0) is 0 Å². The number of pyridine rings is 1. The first-order valence-corrected chi connectivity index (χ1v) is 5.14. The van der Waals surface area contributed by atoms with E-state index in [1.165, 1.54) is 0 Å². The molecule has 0 saturated heterocycles. The van der Waals surface area contributed by atoms with E-state index in [0.29, 0.717) is 12.2 Å². The highest BCUT2D eigenvalue weighted by Gasteiger charge is 2.08. The molecule has 4 nitrogen and oxygen atoms in total. The van der Waals surface area contributed by atoms with Crippen molar-refractivity contribution in [3.8, 4) is 0 Å². The molecule has 84 valence electrons. The van der Waals surface area contributed by atoms with E-state index in [2.05, 4.69) is 10.3 Å². The molecule has 0 bridgehead atoms. The second-order valence-corrected chi connectivity index (χ2v) is 4.12. The molecule has 0 amide bonds. The van der Waals surface area contributed by atoms with Crippen LogP contribution in [0.3, 0.4) is 0 Å². The summed E-state index contributed by atoms with van der Waals surface area (Å²) in [7, 11) is 0. The number of aromatic nitrogens is 1. The molecule has 0 spiro atoms. The summed E-state index contributed by atoms with van der Waals surface area (Å²) in [6.07, 6.45) is 1.27. The van der Waals surface area contributed by atoms with Gasteiger partial charge in [0.05, 0.1) is 18.0 Å². The van der Waals surface area contributed by atoms with Crippen molar-refractivity contribution < 1.29 is 5.11 Å². The van der Waals surface area contributed by atoms with Crippen LogP contribution >= 0.6 is 0 Å². The van der Waals surface area contributed by atoms with Gasteiger partial charge in [0, 0.05) is 6.54 Å². The Morgan fingerprint density at radius 2 is 2.20 bits per heavy atom. The summed E-state index contributed by atoms with van der Waals surface area (Å²) >= 11 is 0. The average Bonchev–Trinajstić information content (AvgIpc) is 2.19. The Bertz CT molecular complexity index is 326. The fraction of sp³-hybridized carbons (Fsp3) is 0.545. The summed E-state index contributed by atoms with van der Waals surface area (Å²) in [6, 6.07) is 1.88. The smallest absolute Gasteiger partial charge is 0.126 e. The van der Waals surface area contributed by atoms with E-state index in [-0.39, 0.29) is 12.0 Å². The van der Waals surface area contributed by atoms with Crippen molar-refractivity contribution >= 4 is 11.5 Å². The number of nitrogens with two attached hydrogens (primary N) is 1. The molecule has 1 atom stereocenters. The second kappa shape index (κ2) is 4.98. The molecule has 4 heteroatoms. The summed E-state index contributed by atoms with van der Waals surface area (Å²) in [6.45, 7) is 6.40. The second-order valence-electron chi connectivity index (χ2n) is 4.12. The topological polar surface area (TPSA) is 71.2 Å². The van der Waals surface area contributed by atoms with Gasteiger partial charge in [-0.25, -0.2) is 4.98 Å². The van der Waals surface area contributed by atoms with Gasteiger partial charge in [-0.05, 0) is 24.5 Å². The van der Waals surface area contributed by atoms with Gasteiger partial charge in [0.25, 0.3) is 0 Å². The molecule has 1 aromatic heterocycles. The summed E-state index contributed by atoms with van der Waals surface area (Å²) < 4.78 is 0. The fourth-order valence-electron chi connectivity index (χ4n) is 1.11. The maximum atomic E-state index is 9.60. The molecule has 4 N–H and O–H groups in total. The van der Waals surface area contributed by atoms with Gasteiger partial charge in [0.15, 0.2) is 0 Å². The highest BCUT2D eigenvalue weighted by molar-refractivity contribution is 5.50. The minimum Gasteiger partial charge on any atom is -0.397 e. The predicted octanol–water partition coefficient (Wildman–Crippen LogP) is 1.40. The largest absolute Gasteiger partial charge is 0.397 e. The lowest BCUT2D eigenvalue weighted by Crippen LogP contribution is -2.25. The van der Waals surface area contributed by atoms with Gasteiger partial charge in [-0.2, -0.15) is 0 Å². The van der Waals surface area contributed by atoms with Gasteiger partial charge in [0.1, 0.15) is 5.82 Å². The molecule has 1 heterocycles. The summed E-state index contributed by atoms with van der Waals surface area (Å²) in [5.74, 6) is 0.994. The summed E-state index contributed by atoms with van der Waals surface area (Å²) in [4.78, 5) is 4.12. The van der Waals surface area contributed by atoms with Crippen LogP contribution in [0.5, 0.6) is 0 Å². The first-order valence-electron chi connectivity index (χ1n) is 5.14. The van der Waals surface area contributed by atoms with E-state index >= 15 is 0 Å². The molecule has 0 aliphatic rings. The zero-order valence-corrected chi connectivity index (χ0v) is 9.49. The quantitative estimate of drug-likeness (QED) is 0.701. The van der Waals surface area contributed by atoms with Crippen molar-refractivity contribution in [3.05, 3.63) is 17.8 Å². The lowest BCUT2D eigenvalue weighted by molar-refractivity contribution is 0.138. The van der Waals surface area contributed by atoms with E-state index in [1.54, 1.807) is 6.20 Å². The van der Waals surface area contributed by atoms with Crippen molar-refractivity contribution in [3.63, 3.8) is 0 Å². The molecule has 0 aliphatic heterocycles. The van der Waals surface area contributed by atoms with E-state index in [9.17, 15) is 5.11 Å². The lowest BCUT2D eigenvalue weighted by Gasteiger charge is -2.15. The molecule has 0 saturated carbocycles. The number of aliphatic hydroxyl groups excluding tert-OH is 1. The van der Waals surface area contributed by atoms with Crippen molar-refractivity contribution in [1.29, 1.82) is 0 Å². The number of rotatable bonds is 4. The van der Waals surface area contributed by atoms with Crippen LogP contribution in [0, 0.1) is 12.8 Å². The highest BCUT2D eigenvalue weighted by Crippen LogP contribution is 2.13. The Labute approximate surface area is 90.5 Å². The minimum atomic E-state index is -0.357. The number of nitrogens with zero attached hydrogens (tertiary/aromatic N) is 1. The normalized spacial score (nSPS) is 12.9. The van der Waals surface area contributed by atoms with E-state index in [0.717, 1.165) is 11.4 Å². The number of aryl methyl sites for hydroxylation is 1. The standard InChI is InChI=1S/C11H19N3O/c1-7(2)10(15)6-14-11-4-8(3)9(12)5-13-11/h4-5,7,10,15H,6,12H2,1-3H3,(H,13,14). The highest BCUT2D eigenvalue weighted by atomic mass is 16.3. The molecule has 15 heavy (non-hydrogen) atoms. The third-order valence-electron chi connectivity index (χ3n) is 2.41. The number of nitrogen functional groups attached to an aromatic ring is 1. The number of nitrogens with one attached hydrogen (secondary N) is 1. The predicted molar refractivity (Wildman–Crippen MR) is 62.7 cm³/mol. The average molecular weight is 209 g/mol. The Hall–Kier alpha value is -1.29. The Morgan fingerprint density at radius 3 is 2.73 bits per heavy atom. The van der Waals surface area contributed by atoms with Gasteiger partial charge in [0.2, 0.25) is 0 Å². The molecule has 0 fully saturated rings. The van der Waals surface area contributed by atoms with Gasteiger partial charge in [-0.15, -0.1) is 0 Å². The van der Waals surface area contributed by atoms with Crippen molar-refractivity contribution in [2.45, 2.75) is 26.9 Å². The number of hydrogen-bond donors (Lipinski definition) is 3. The SMILES string of the molecule is Cc1cc(NCC(O)C(C)C)ncc1N. The maximum Gasteiger partial charge on any atom is 0.126 e. The first kappa shape index (κ1) is 11.8. The van der Waals surface area contributed by atoms with Crippen molar-refractivity contribution in [2.75, 3.05) is 17.6 Å². The molecule has 1 aromatic rings. The van der Waals surface area contributed by atoms with Crippen molar-refractivity contribution in [1.82, 2.24) is 4.98 Å². The monoisotopic (exact) mass is 209 g/mol. The molecule has 0 radical (unpaired) electrons. The van der Waals surface area contributed by atoms with Gasteiger partial charge >= 0.3 is 0 Å². The van der Waals surface area contributed by atoms with Gasteiger partial charge in [-0.3, -0.25) is 0 Å². The molecule has 1 rings (SSSR count). The summed E-state index contributed by atoms with van der Waals surface area (Å²) in [5, 5.41) is 12.7. The van der Waals surface area contributed by atoms with E-state index < -0.39 is 0 Å². The number of aliphatic hydroxyl groups is 1. The van der Waals surface area contributed by atoms with Crippen LogP contribution in [0.2, 0.25) is 0 Å². The Morgan fingerprint density at radius 1 is 1.53 bits per heavy atom. The number of hydrogen-bond acceptors (Lipinski definition) is 4. The Kier molecular flexibility index (Phi) is 3.91. The maximum absolute atomic E-state index is 9.60. The molecular weight excluding hydrogens is 190 g/mol. The third kappa shape index (κ3) is 3.40. The van der Waals surface area contributed by atoms with Crippen LogP contribution in [0.1, 0.15) is 19.4 Å². The zero-order chi connectivity index (χ0) is 11.4. The summed E-state index contributed by atoms with van der Waals surface area (Å²) in [5.41, 5.74) is 7.33. The molecule has 0 aromatic carbocycles. The van der Waals surface area contributed by atoms with Gasteiger partial charge < -0.3 is 16.2 Å². The Balaban J connectivity index is 2.55. The third-order valence-corrected chi connectivity index (χ3v) is 2.41. The molecule has 0 aliphatic carbocycles. The fourth-order valence-corrected chi connectivity index (χ4v) is 1.11. The van der Waals surface area contributed by atoms with Crippen LogP contribution < -0.4 is 11.1 Å². The minimum absolute atomic E-state index is 0.243. The van der Waals surface area contributed by atoms with Crippen LogP contribution in [0.4, 0.5) is 11.5 Å². The number of anilines is 2.